The molecule has 0 saturated carbocycles. The lowest BCUT2D eigenvalue weighted by atomic mass is 9.94. The third-order valence-corrected chi connectivity index (χ3v) is 6.40. The number of anilines is 2. The lowest BCUT2D eigenvalue weighted by Gasteiger charge is -2.37. The summed E-state index contributed by atoms with van der Waals surface area (Å²) in [7, 11) is 0. The van der Waals surface area contributed by atoms with Crippen molar-refractivity contribution in [1.82, 2.24) is 4.90 Å². The van der Waals surface area contributed by atoms with Crippen LogP contribution in [0.3, 0.4) is 0 Å². The van der Waals surface area contributed by atoms with Crippen LogP contribution in [0.4, 0.5) is 17.1 Å². The van der Waals surface area contributed by atoms with Crippen LogP contribution in [0, 0.1) is 10.1 Å². The number of nitrogens with two attached hydrogens (primary N) is 1. The molecule has 1 saturated heterocycles. The van der Waals surface area contributed by atoms with Gasteiger partial charge in [0, 0.05) is 37.4 Å². The Morgan fingerprint density at radius 1 is 1.22 bits per heavy atom. The molecule has 0 spiro atoms. The summed E-state index contributed by atoms with van der Waals surface area (Å²) >= 11 is 0. The molecule has 1 heterocycles. The molecule has 5 N–H and O–H groups in total. The van der Waals surface area contributed by atoms with E-state index >= 15 is 0 Å². The van der Waals surface area contributed by atoms with E-state index < -0.39 is 4.92 Å². The molecule has 8 nitrogen and oxygen atoms in total. The Kier molecular flexibility index (Phi) is 12.0. The van der Waals surface area contributed by atoms with Crippen molar-refractivity contribution in [2.24, 2.45) is 0 Å². The number of nitro benzene ring substituents is 1. The first-order chi connectivity index (χ1) is 17.5. The number of nitrogens with zero attached hydrogens (tertiary/aromatic N) is 2. The van der Waals surface area contributed by atoms with Gasteiger partial charge in [-0.2, -0.15) is 0 Å². The van der Waals surface area contributed by atoms with Crippen LogP contribution < -0.4 is 11.1 Å². The van der Waals surface area contributed by atoms with Crippen molar-refractivity contribution in [3.05, 3.63) is 75.4 Å². The highest BCUT2D eigenvalue weighted by molar-refractivity contribution is 5.66. The van der Waals surface area contributed by atoms with Gasteiger partial charge in [0.05, 0.1) is 17.6 Å². The summed E-state index contributed by atoms with van der Waals surface area (Å²) in [4.78, 5) is 13.2. The van der Waals surface area contributed by atoms with E-state index in [0.717, 1.165) is 32.4 Å². The summed E-state index contributed by atoms with van der Waals surface area (Å²) in [6.07, 6.45) is 2.66. The Balaban J connectivity index is 0.00000112. The average molecular weight is 513 g/mol. The molecule has 0 amide bonds. The number of rotatable bonds is 10. The van der Waals surface area contributed by atoms with Crippen LogP contribution >= 0.6 is 0 Å². The molecule has 1 aliphatic heterocycles. The number of allylic oxidation sites excluding steroid dienone is 1. The molecule has 3 rings (SSSR count). The number of benzene rings is 2. The van der Waals surface area contributed by atoms with Crippen molar-refractivity contribution < 1.29 is 15.1 Å². The number of nitrogen functional groups attached to an aromatic ring is 1. The smallest absolute Gasteiger partial charge is 0.294 e. The summed E-state index contributed by atoms with van der Waals surface area (Å²) in [6.45, 7) is 14.1. The van der Waals surface area contributed by atoms with Crippen LogP contribution in [0.5, 0.6) is 0 Å². The summed E-state index contributed by atoms with van der Waals surface area (Å²) in [6, 6.07) is 11.4. The second-order valence-electron chi connectivity index (χ2n) is 10.5. The molecular formula is C29H44N4O4. The van der Waals surface area contributed by atoms with E-state index in [1.807, 2.05) is 13.8 Å². The Morgan fingerprint density at radius 3 is 2.46 bits per heavy atom. The molecule has 8 heteroatoms. The van der Waals surface area contributed by atoms with Crippen LogP contribution in [0.25, 0.3) is 0 Å². The van der Waals surface area contributed by atoms with Crippen molar-refractivity contribution in [3.8, 4) is 0 Å². The van der Waals surface area contributed by atoms with Crippen LogP contribution in [0.2, 0.25) is 0 Å². The number of aliphatic hydroxyl groups is 2. The van der Waals surface area contributed by atoms with E-state index in [1.165, 1.54) is 28.3 Å². The minimum Gasteiger partial charge on any atom is -0.399 e. The van der Waals surface area contributed by atoms with Gasteiger partial charge in [0.2, 0.25) is 0 Å². The van der Waals surface area contributed by atoms with Gasteiger partial charge in [-0.1, -0.05) is 37.6 Å². The highest BCUT2D eigenvalue weighted by Gasteiger charge is 2.26. The van der Waals surface area contributed by atoms with Gasteiger partial charge in [-0.15, -0.1) is 6.58 Å². The van der Waals surface area contributed by atoms with Gasteiger partial charge in [-0.3, -0.25) is 15.0 Å². The van der Waals surface area contributed by atoms with Crippen molar-refractivity contribution in [1.29, 1.82) is 0 Å². The molecule has 1 aliphatic rings. The lowest BCUT2D eigenvalue weighted by molar-refractivity contribution is -0.383. The average Bonchev–Trinajstić information content (AvgIpc) is 2.83. The first-order valence-corrected chi connectivity index (χ1v) is 13.1. The second kappa shape index (κ2) is 14.7. The molecule has 1 fully saturated rings. The van der Waals surface area contributed by atoms with Crippen molar-refractivity contribution in [2.75, 3.05) is 37.3 Å². The fourth-order valence-corrected chi connectivity index (χ4v) is 4.44. The highest BCUT2D eigenvalue weighted by atomic mass is 16.6. The Labute approximate surface area is 221 Å². The first-order valence-electron chi connectivity index (χ1n) is 13.1. The molecule has 2 unspecified atom stereocenters. The summed E-state index contributed by atoms with van der Waals surface area (Å²) < 4.78 is 0. The number of piperidine rings is 1. The molecule has 204 valence electrons. The van der Waals surface area contributed by atoms with E-state index in [9.17, 15) is 20.3 Å². The molecule has 2 atom stereocenters. The quantitative estimate of drug-likeness (QED) is 0.154. The zero-order chi connectivity index (χ0) is 27.5. The Bertz CT molecular complexity index is 1040. The van der Waals surface area contributed by atoms with E-state index in [-0.39, 0.29) is 24.4 Å². The van der Waals surface area contributed by atoms with Crippen LogP contribution in [-0.4, -0.2) is 58.4 Å². The molecule has 0 radical (unpaired) electrons. The number of aliphatic hydroxyl groups excluding tert-OH is 2. The second-order valence-corrected chi connectivity index (χ2v) is 10.5. The fraction of sp³-hybridized carbons (Fsp3) is 0.517. The maximum absolute atomic E-state index is 11.3. The zero-order valence-corrected chi connectivity index (χ0v) is 22.7. The molecule has 37 heavy (non-hydrogen) atoms. The summed E-state index contributed by atoms with van der Waals surface area (Å²) in [5, 5.41) is 34.1. The van der Waals surface area contributed by atoms with Gasteiger partial charge in [0.15, 0.2) is 0 Å². The van der Waals surface area contributed by atoms with E-state index in [4.69, 9.17) is 5.73 Å². The maximum Gasteiger partial charge on any atom is 0.294 e. The van der Waals surface area contributed by atoms with Crippen molar-refractivity contribution >= 4 is 17.1 Å². The monoisotopic (exact) mass is 512 g/mol. The normalized spacial score (nSPS) is 17.7. The number of likely N-dealkylation sites (tertiary alicyclic amines) is 1. The largest absolute Gasteiger partial charge is 0.399 e. The first kappa shape index (κ1) is 30.3. The SMILES string of the molecule is C=C(C)C.CC(C)c1cc(CCNc2ccc(N)cc2[N+](=O)[O-])cc(CCN2CCC(O)CC2CO)c1. The third-order valence-electron chi connectivity index (χ3n) is 6.40. The van der Waals surface area contributed by atoms with E-state index in [2.05, 4.69) is 48.8 Å². The molecule has 0 aliphatic carbocycles. The minimum absolute atomic E-state index is 0.0152. The molecule has 0 bridgehead atoms. The topological polar surface area (TPSA) is 125 Å². The van der Waals surface area contributed by atoms with Crippen LogP contribution in [0.1, 0.15) is 63.1 Å². The van der Waals surface area contributed by atoms with Gasteiger partial charge >= 0.3 is 0 Å². The van der Waals surface area contributed by atoms with Crippen molar-refractivity contribution in [2.45, 2.75) is 71.4 Å². The molecule has 2 aromatic rings. The van der Waals surface area contributed by atoms with Gasteiger partial charge < -0.3 is 21.3 Å². The zero-order valence-electron chi connectivity index (χ0n) is 22.7. The predicted molar refractivity (Wildman–Crippen MR) is 152 cm³/mol. The van der Waals surface area contributed by atoms with Gasteiger partial charge in [0.25, 0.3) is 5.69 Å². The highest BCUT2D eigenvalue weighted by Crippen LogP contribution is 2.27. The summed E-state index contributed by atoms with van der Waals surface area (Å²) in [5.74, 6) is 0.394. The van der Waals surface area contributed by atoms with Gasteiger partial charge in [-0.25, -0.2) is 0 Å². The number of hydrogen-bond acceptors (Lipinski definition) is 7. The maximum atomic E-state index is 11.3. The minimum atomic E-state index is -0.421. The van der Waals surface area contributed by atoms with E-state index in [1.54, 1.807) is 12.1 Å². The van der Waals surface area contributed by atoms with Crippen molar-refractivity contribution in [3.63, 3.8) is 0 Å². The number of nitrogens with one attached hydrogen (secondary N) is 1. The van der Waals surface area contributed by atoms with Gasteiger partial charge in [0.1, 0.15) is 5.69 Å². The molecule has 2 aromatic carbocycles. The number of hydrogen-bond donors (Lipinski definition) is 4. The lowest BCUT2D eigenvalue weighted by Crippen LogP contribution is -2.47. The summed E-state index contributed by atoms with van der Waals surface area (Å²) in [5.41, 5.74) is 11.4. The third kappa shape index (κ3) is 10.1. The Hall–Kier alpha value is -2.94. The standard InChI is InChI=1S/C25H36N4O4.C4H8/c1-17(2)20-12-18(5-8-27-24-4-3-21(26)14-25(24)29(32)33)11-19(13-20)6-9-28-10-7-23(31)15-22(28)16-30;1-4(2)3/h3-4,11-14,17,22-23,27,30-31H,5-10,15-16,26H2,1-2H3;1H2,2-3H3. The number of nitro groups is 1. The van der Waals surface area contributed by atoms with Gasteiger partial charge in [-0.05, 0) is 74.3 Å². The Morgan fingerprint density at radius 2 is 1.86 bits per heavy atom. The predicted octanol–water partition coefficient (Wildman–Crippen LogP) is 4.90. The fourth-order valence-electron chi connectivity index (χ4n) is 4.44. The van der Waals surface area contributed by atoms with Crippen LogP contribution in [0.15, 0.2) is 48.6 Å². The molecular weight excluding hydrogens is 468 g/mol. The van der Waals surface area contributed by atoms with E-state index in [0.29, 0.717) is 30.3 Å². The van der Waals surface area contributed by atoms with Crippen LogP contribution in [-0.2, 0) is 12.8 Å². The molecule has 0 aromatic heterocycles.